The molecule has 5 N–H and O–H groups in total. The zero-order chi connectivity index (χ0) is 41.9. The summed E-state index contributed by atoms with van der Waals surface area (Å²) in [7, 11) is 0. The van der Waals surface area contributed by atoms with Gasteiger partial charge in [0.1, 0.15) is 11.6 Å². The first-order valence-corrected chi connectivity index (χ1v) is 22.0. The van der Waals surface area contributed by atoms with E-state index in [4.69, 9.17) is 4.98 Å². The van der Waals surface area contributed by atoms with Crippen molar-refractivity contribution >= 4 is 62.8 Å². The van der Waals surface area contributed by atoms with Crippen LogP contribution >= 0.6 is 23.1 Å². The molecule has 0 aliphatic heterocycles. The molecule has 0 unspecified atom stereocenters. The van der Waals surface area contributed by atoms with Gasteiger partial charge in [0, 0.05) is 82.1 Å². The lowest BCUT2D eigenvalue weighted by molar-refractivity contribution is 0.0696. The number of nitrogens with one attached hydrogen (secondary N) is 4. The average molecular weight is 855 g/mol. The van der Waals surface area contributed by atoms with Gasteiger partial charge in [0.15, 0.2) is 0 Å². The first-order valence-electron chi connectivity index (χ1n) is 20.0. The fourth-order valence-electron chi connectivity index (χ4n) is 7.94. The van der Waals surface area contributed by atoms with E-state index in [2.05, 4.69) is 46.2 Å². The van der Waals surface area contributed by atoms with Crippen molar-refractivity contribution in [2.45, 2.75) is 74.1 Å². The summed E-state index contributed by atoms with van der Waals surface area (Å²) >= 11 is 3.06. The first kappa shape index (κ1) is 39.8. The Balaban J connectivity index is 0.823. The second-order valence-corrected chi connectivity index (χ2v) is 17.3. The molecule has 61 heavy (non-hydrogen) atoms. The summed E-state index contributed by atoms with van der Waals surface area (Å²) in [5, 5.41) is 23.9. The number of nitrogens with zero attached hydrogens (tertiary/aromatic N) is 8. The molecule has 2 aliphatic rings. The number of carboxylic acids is 1. The molecule has 2 aliphatic carbocycles. The van der Waals surface area contributed by atoms with E-state index in [1.165, 1.54) is 34.2 Å². The SMILES string of the molecule is CSc1cnc(N[C@H]2CC[C@H](Nc3ccc(-c4cc(C(=O)O)cn(Cc5cc6nc(N[C@H]7CC[C@H](Nc8ccc(-n9ccccc9=O)cn8)C7)ncc6s5)c4=O)cn3)C2)nc1. The molecule has 16 nitrogen and oxygen atoms in total. The number of rotatable bonds is 14. The second-order valence-electron chi connectivity index (χ2n) is 15.2. The fourth-order valence-corrected chi connectivity index (χ4v) is 9.23. The molecular formula is C43H42N12O4S2. The third-order valence-electron chi connectivity index (χ3n) is 11.0. The van der Waals surface area contributed by atoms with Gasteiger partial charge in [0.05, 0.1) is 40.4 Å². The molecule has 18 heteroatoms. The van der Waals surface area contributed by atoms with E-state index in [9.17, 15) is 19.5 Å². The molecule has 310 valence electrons. The summed E-state index contributed by atoms with van der Waals surface area (Å²) in [6.45, 7) is 0.167. The summed E-state index contributed by atoms with van der Waals surface area (Å²) in [6, 6.07) is 16.6. The van der Waals surface area contributed by atoms with Crippen LogP contribution < -0.4 is 32.4 Å². The van der Waals surface area contributed by atoms with Crippen LogP contribution in [0.3, 0.4) is 0 Å². The van der Waals surface area contributed by atoms with Crippen molar-refractivity contribution in [1.29, 1.82) is 0 Å². The summed E-state index contributed by atoms with van der Waals surface area (Å²) in [5.74, 6) is 1.43. The van der Waals surface area contributed by atoms with Gasteiger partial charge in [-0.15, -0.1) is 23.1 Å². The molecule has 0 bridgehead atoms. The Morgan fingerprint density at radius 2 is 1.46 bits per heavy atom. The van der Waals surface area contributed by atoms with Crippen LogP contribution in [-0.2, 0) is 6.54 Å². The lowest BCUT2D eigenvalue weighted by Gasteiger charge is -2.15. The molecule has 0 radical (unpaired) electrons. The highest BCUT2D eigenvalue weighted by Gasteiger charge is 2.27. The van der Waals surface area contributed by atoms with Crippen molar-refractivity contribution in [2.24, 2.45) is 0 Å². The third kappa shape index (κ3) is 9.24. The van der Waals surface area contributed by atoms with E-state index in [-0.39, 0.29) is 53.0 Å². The van der Waals surface area contributed by atoms with Crippen molar-refractivity contribution in [1.82, 2.24) is 39.0 Å². The van der Waals surface area contributed by atoms with Crippen LogP contribution in [0.5, 0.6) is 0 Å². The van der Waals surface area contributed by atoms with Crippen LogP contribution in [0.4, 0.5) is 23.5 Å². The molecule has 4 atom stereocenters. The van der Waals surface area contributed by atoms with Gasteiger partial charge < -0.3 is 30.9 Å². The molecule has 7 aromatic heterocycles. The van der Waals surface area contributed by atoms with E-state index in [1.807, 2.05) is 49.0 Å². The standard InChI is InChI=1S/C43H42N12O4S2/c1-60-33-20-46-42(47-21-33)51-29-8-6-27(15-29)49-37-11-5-25(18-44-37)34-14-26(41(58)59)23-54(40(34)57)24-32-17-35-36(61-32)22-48-43(53-35)52-30-9-7-28(16-30)50-38-12-10-31(19-45-38)55-13-3-2-4-39(55)56/h2-5,10-14,17-23,27-30H,6-9,15-16,24H2,1H3,(H,44,49)(H,45,50)(H,58,59)(H,46,47,51)(H,48,52,53)/t27-,28-,29-,30-/m0/s1. The number of anilines is 4. The van der Waals surface area contributed by atoms with Gasteiger partial charge >= 0.3 is 5.97 Å². The van der Waals surface area contributed by atoms with Gasteiger partial charge in [-0.05, 0) is 87.2 Å². The first-order chi connectivity index (χ1) is 29.7. The van der Waals surface area contributed by atoms with Crippen molar-refractivity contribution < 1.29 is 9.90 Å². The van der Waals surface area contributed by atoms with Crippen molar-refractivity contribution in [2.75, 3.05) is 27.5 Å². The maximum atomic E-state index is 13.9. The Labute approximate surface area is 358 Å². The predicted molar refractivity (Wildman–Crippen MR) is 238 cm³/mol. The number of thiophene rings is 1. The number of hydrogen-bond donors (Lipinski definition) is 5. The minimum Gasteiger partial charge on any atom is -0.478 e. The van der Waals surface area contributed by atoms with Crippen LogP contribution in [0.1, 0.15) is 53.8 Å². The topological polar surface area (TPSA) is 207 Å². The molecule has 0 saturated heterocycles. The van der Waals surface area contributed by atoms with Crippen LogP contribution in [0.25, 0.3) is 27.0 Å². The van der Waals surface area contributed by atoms with E-state index in [0.717, 1.165) is 64.3 Å². The maximum Gasteiger partial charge on any atom is 0.337 e. The normalized spacial score (nSPS) is 18.6. The highest BCUT2D eigenvalue weighted by Crippen LogP contribution is 2.29. The zero-order valence-corrected chi connectivity index (χ0v) is 34.7. The number of hydrogen-bond acceptors (Lipinski definition) is 15. The van der Waals surface area contributed by atoms with Crippen molar-refractivity contribution in [3.63, 3.8) is 0 Å². The number of aromatic nitrogens is 8. The summed E-state index contributed by atoms with van der Waals surface area (Å²) in [6.07, 6.45) is 19.3. The summed E-state index contributed by atoms with van der Waals surface area (Å²) in [4.78, 5) is 67.4. The largest absolute Gasteiger partial charge is 0.478 e. The Bertz CT molecular complexity index is 2800. The van der Waals surface area contributed by atoms with Gasteiger partial charge in [0.2, 0.25) is 11.9 Å². The molecule has 0 amide bonds. The number of thioether (sulfide) groups is 1. The van der Waals surface area contributed by atoms with E-state index in [1.54, 1.807) is 53.2 Å². The Hall–Kier alpha value is -6.66. The quantitative estimate of drug-likeness (QED) is 0.0730. The molecular weight excluding hydrogens is 813 g/mol. The van der Waals surface area contributed by atoms with Gasteiger partial charge in [-0.25, -0.2) is 34.7 Å². The van der Waals surface area contributed by atoms with E-state index >= 15 is 0 Å². The van der Waals surface area contributed by atoms with Crippen molar-refractivity contribution in [3.8, 4) is 16.8 Å². The molecule has 2 saturated carbocycles. The molecule has 9 rings (SSSR count). The number of carboxylic acid groups (broad SMARTS) is 1. The van der Waals surface area contributed by atoms with Crippen LogP contribution in [0.2, 0.25) is 0 Å². The molecule has 2 fully saturated rings. The minimum absolute atomic E-state index is 0.00179. The van der Waals surface area contributed by atoms with E-state index in [0.29, 0.717) is 29.0 Å². The lowest BCUT2D eigenvalue weighted by Crippen LogP contribution is -2.23. The highest BCUT2D eigenvalue weighted by molar-refractivity contribution is 7.98. The monoisotopic (exact) mass is 854 g/mol. The molecule has 0 spiro atoms. The Kier molecular flexibility index (Phi) is 11.4. The predicted octanol–water partition coefficient (Wildman–Crippen LogP) is 6.61. The Morgan fingerprint density at radius 3 is 2.10 bits per heavy atom. The number of fused-ring (bicyclic) bond motifs is 1. The maximum absolute atomic E-state index is 13.9. The second kappa shape index (κ2) is 17.5. The fraction of sp³-hybridized carbons (Fsp3) is 0.279. The number of carbonyl (C=O) groups is 1. The van der Waals surface area contributed by atoms with Crippen LogP contribution in [0.15, 0.2) is 112 Å². The third-order valence-corrected chi connectivity index (χ3v) is 12.7. The van der Waals surface area contributed by atoms with Crippen LogP contribution in [-0.4, -0.2) is 80.5 Å². The Morgan fingerprint density at radius 1 is 0.787 bits per heavy atom. The molecule has 7 aromatic rings. The average Bonchev–Trinajstić information content (AvgIpc) is 4.02. The molecule has 7 heterocycles. The molecule has 0 aromatic carbocycles. The van der Waals surface area contributed by atoms with Gasteiger partial charge in [-0.2, -0.15) is 0 Å². The number of aromatic carboxylic acids is 1. The summed E-state index contributed by atoms with van der Waals surface area (Å²) < 4.78 is 3.84. The smallest absolute Gasteiger partial charge is 0.337 e. The van der Waals surface area contributed by atoms with Gasteiger partial charge in [-0.1, -0.05) is 6.07 Å². The zero-order valence-electron chi connectivity index (χ0n) is 33.1. The van der Waals surface area contributed by atoms with Crippen molar-refractivity contribution in [3.05, 3.63) is 129 Å². The lowest BCUT2D eigenvalue weighted by atomic mass is 10.1. The highest BCUT2D eigenvalue weighted by atomic mass is 32.2. The van der Waals surface area contributed by atoms with E-state index < -0.39 is 5.97 Å². The van der Waals surface area contributed by atoms with Crippen LogP contribution in [0, 0.1) is 0 Å². The summed E-state index contributed by atoms with van der Waals surface area (Å²) in [5.41, 5.74) is 1.80. The minimum atomic E-state index is -1.13. The van der Waals surface area contributed by atoms with Gasteiger partial charge in [-0.3, -0.25) is 14.2 Å². The van der Waals surface area contributed by atoms with Gasteiger partial charge in [0.25, 0.3) is 11.1 Å². The number of pyridine rings is 4.